The highest BCUT2D eigenvalue weighted by atomic mass is 35.5. The molecule has 0 aromatic heterocycles. The summed E-state index contributed by atoms with van der Waals surface area (Å²) in [6.07, 6.45) is 0. The molecule has 1 aromatic carbocycles. The molecule has 0 amide bonds. The summed E-state index contributed by atoms with van der Waals surface area (Å²) in [5, 5.41) is 3.83. The number of hydrogen-bond donors (Lipinski definition) is 1. The van der Waals surface area contributed by atoms with Gasteiger partial charge < -0.3 is 5.32 Å². The fourth-order valence-corrected chi connectivity index (χ4v) is 3.00. The second kappa shape index (κ2) is 5.75. The average Bonchev–Trinajstić information content (AvgIpc) is 2.36. The molecule has 0 bridgehead atoms. The van der Waals surface area contributed by atoms with Crippen molar-refractivity contribution in [3.63, 3.8) is 0 Å². The number of piperazine rings is 1. The minimum Gasteiger partial charge on any atom is -0.314 e. The number of halogens is 2. The van der Waals surface area contributed by atoms with Crippen LogP contribution in [0, 0.1) is 5.82 Å². The number of likely N-dealkylation sites (tertiary alicyclic amines) is 1. The molecule has 0 unspecified atom stereocenters. The first-order valence-corrected chi connectivity index (χ1v) is 7.21. The number of rotatable bonds is 3. The van der Waals surface area contributed by atoms with Gasteiger partial charge in [-0.05, 0) is 12.1 Å². The molecule has 1 N–H and O–H groups in total. The normalized spacial score (nSPS) is 22.4. The molecule has 19 heavy (non-hydrogen) atoms. The summed E-state index contributed by atoms with van der Waals surface area (Å²) in [5.74, 6) is -0.196. The predicted octanol–water partition coefficient (Wildman–Crippen LogP) is 1.57. The Morgan fingerprint density at radius 3 is 2.68 bits per heavy atom. The van der Waals surface area contributed by atoms with Crippen molar-refractivity contribution in [1.29, 1.82) is 0 Å². The molecule has 2 aliphatic heterocycles. The van der Waals surface area contributed by atoms with Crippen LogP contribution >= 0.6 is 11.6 Å². The van der Waals surface area contributed by atoms with Gasteiger partial charge in [0.25, 0.3) is 0 Å². The van der Waals surface area contributed by atoms with Crippen molar-refractivity contribution in [1.82, 2.24) is 15.1 Å². The summed E-state index contributed by atoms with van der Waals surface area (Å²) in [7, 11) is 0. The van der Waals surface area contributed by atoms with Gasteiger partial charge in [0.1, 0.15) is 5.82 Å². The monoisotopic (exact) mass is 283 g/mol. The van der Waals surface area contributed by atoms with Gasteiger partial charge in [0.05, 0.1) is 0 Å². The molecule has 0 saturated carbocycles. The summed E-state index contributed by atoms with van der Waals surface area (Å²) in [4.78, 5) is 4.82. The van der Waals surface area contributed by atoms with Crippen LogP contribution in [0.5, 0.6) is 0 Å². The van der Waals surface area contributed by atoms with Gasteiger partial charge in [0.2, 0.25) is 0 Å². The number of nitrogens with one attached hydrogen (secondary N) is 1. The first kappa shape index (κ1) is 13.3. The zero-order valence-corrected chi connectivity index (χ0v) is 11.7. The van der Waals surface area contributed by atoms with Crippen molar-refractivity contribution in [2.24, 2.45) is 0 Å². The van der Waals surface area contributed by atoms with E-state index in [1.54, 1.807) is 12.1 Å². The summed E-state index contributed by atoms with van der Waals surface area (Å²) in [5.41, 5.74) is 0.739. The summed E-state index contributed by atoms with van der Waals surface area (Å²) >= 11 is 5.76. The van der Waals surface area contributed by atoms with Crippen molar-refractivity contribution in [3.8, 4) is 0 Å². The highest BCUT2D eigenvalue weighted by Crippen LogP contribution is 2.21. The van der Waals surface area contributed by atoms with Gasteiger partial charge in [0, 0.05) is 62.4 Å². The lowest BCUT2D eigenvalue weighted by Gasteiger charge is -2.46. The molecule has 0 spiro atoms. The number of benzene rings is 1. The summed E-state index contributed by atoms with van der Waals surface area (Å²) in [6, 6.07) is 5.59. The zero-order chi connectivity index (χ0) is 13.2. The van der Waals surface area contributed by atoms with E-state index in [2.05, 4.69) is 15.1 Å². The quantitative estimate of drug-likeness (QED) is 0.908. The van der Waals surface area contributed by atoms with Crippen molar-refractivity contribution in [3.05, 3.63) is 34.6 Å². The first-order chi connectivity index (χ1) is 9.22. The van der Waals surface area contributed by atoms with Gasteiger partial charge in [-0.3, -0.25) is 9.80 Å². The van der Waals surface area contributed by atoms with E-state index in [1.807, 2.05) is 0 Å². The van der Waals surface area contributed by atoms with E-state index < -0.39 is 0 Å². The molecule has 3 nitrogen and oxygen atoms in total. The Kier molecular flexibility index (Phi) is 4.03. The van der Waals surface area contributed by atoms with Crippen molar-refractivity contribution in [2.75, 3.05) is 39.3 Å². The standard InChI is InChI=1S/C14H19ClFN3/c15-12-2-1-11(14(16)7-12)8-18-9-13(10-18)19-5-3-17-4-6-19/h1-2,7,13,17H,3-6,8-10H2. The molecule has 2 heterocycles. The molecule has 3 rings (SSSR count). The minimum absolute atomic E-state index is 0.196. The maximum atomic E-state index is 13.7. The summed E-state index contributed by atoms with van der Waals surface area (Å²) in [6.45, 7) is 7.21. The van der Waals surface area contributed by atoms with E-state index in [-0.39, 0.29) is 5.82 Å². The SMILES string of the molecule is Fc1cc(Cl)ccc1CN1CC(N2CCNCC2)C1. The molecule has 104 valence electrons. The third-order valence-corrected chi connectivity index (χ3v) is 4.25. The van der Waals surface area contributed by atoms with Crippen LogP contribution in [-0.2, 0) is 6.54 Å². The second-order valence-corrected chi connectivity index (χ2v) is 5.81. The van der Waals surface area contributed by atoms with Crippen LogP contribution in [-0.4, -0.2) is 55.1 Å². The highest BCUT2D eigenvalue weighted by Gasteiger charge is 2.32. The Labute approximate surface area is 118 Å². The third kappa shape index (κ3) is 3.08. The van der Waals surface area contributed by atoms with Gasteiger partial charge >= 0.3 is 0 Å². The Bertz CT molecular complexity index is 442. The van der Waals surface area contributed by atoms with E-state index in [9.17, 15) is 4.39 Å². The van der Waals surface area contributed by atoms with Crippen molar-refractivity contribution < 1.29 is 4.39 Å². The number of nitrogens with zero attached hydrogens (tertiary/aromatic N) is 2. The van der Waals surface area contributed by atoms with Crippen LogP contribution in [0.25, 0.3) is 0 Å². The van der Waals surface area contributed by atoms with E-state index in [1.165, 1.54) is 6.07 Å². The topological polar surface area (TPSA) is 18.5 Å². The molecule has 2 aliphatic rings. The van der Waals surface area contributed by atoms with Crippen LogP contribution in [0.15, 0.2) is 18.2 Å². The van der Waals surface area contributed by atoms with Gasteiger partial charge in [-0.25, -0.2) is 4.39 Å². The maximum Gasteiger partial charge on any atom is 0.129 e. The molecule has 0 aliphatic carbocycles. The van der Waals surface area contributed by atoms with Gasteiger partial charge in [-0.15, -0.1) is 0 Å². The molecule has 2 saturated heterocycles. The first-order valence-electron chi connectivity index (χ1n) is 6.83. The van der Waals surface area contributed by atoms with Gasteiger partial charge in [0.15, 0.2) is 0 Å². The fourth-order valence-electron chi connectivity index (χ4n) is 2.84. The van der Waals surface area contributed by atoms with E-state index in [0.717, 1.165) is 44.8 Å². The van der Waals surface area contributed by atoms with Crippen LogP contribution in [0.4, 0.5) is 4.39 Å². The van der Waals surface area contributed by atoms with Crippen LogP contribution in [0.3, 0.4) is 0 Å². The van der Waals surface area contributed by atoms with Gasteiger partial charge in [-0.1, -0.05) is 17.7 Å². The Morgan fingerprint density at radius 1 is 1.26 bits per heavy atom. The lowest BCUT2D eigenvalue weighted by Crippen LogP contribution is -2.62. The maximum absolute atomic E-state index is 13.7. The summed E-state index contributed by atoms with van der Waals surface area (Å²) < 4.78 is 13.7. The van der Waals surface area contributed by atoms with Crippen molar-refractivity contribution >= 4 is 11.6 Å². The molecule has 2 fully saturated rings. The lowest BCUT2D eigenvalue weighted by molar-refractivity contribution is 0.0217. The van der Waals surface area contributed by atoms with E-state index in [4.69, 9.17) is 11.6 Å². The van der Waals surface area contributed by atoms with Crippen LogP contribution in [0.2, 0.25) is 5.02 Å². The molecular formula is C14H19ClFN3. The minimum atomic E-state index is -0.196. The van der Waals surface area contributed by atoms with Crippen molar-refractivity contribution in [2.45, 2.75) is 12.6 Å². The fraction of sp³-hybridized carbons (Fsp3) is 0.571. The molecule has 5 heteroatoms. The average molecular weight is 284 g/mol. The third-order valence-electron chi connectivity index (χ3n) is 4.01. The Hall–Kier alpha value is -0.680. The van der Waals surface area contributed by atoms with Crippen LogP contribution < -0.4 is 5.32 Å². The molecule has 1 aromatic rings. The predicted molar refractivity (Wildman–Crippen MR) is 74.9 cm³/mol. The number of hydrogen-bond acceptors (Lipinski definition) is 3. The smallest absolute Gasteiger partial charge is 0.129 e. The zero-order valence-electron chi connectivity index (χ0n) is 10.9. The Morgan fingerprint density at radius 2 is 2.00 bits per heavy atom. The molecular weight excluding hydrogens is 265 g/mol. The van der Waals surface area contributed by atoms with E-state index >= 15 is 0 Å². The molecule has 0 radical (unpaired) electrons. The Balaban J connectivity index is 1.50. The largest absolute Gasteiger partial charge is 0.314 e. The lowest BCUT2D eigenvalue weighted by atomic mass is 10.0. The van der Waals surface area contributed by atoms with Gasteiger partial charge in [-0.2, -0.15) is 0 Å². The van der Waals surface area contributed by atoms with Crippen LogP contribution in [0.1, 0.15) is 5.56 Å². The molecule has 0 atom stereocenters. The second-order valence-electron chi connectivity index (χ2n) is 5.37. The highest BCUT2D eigenvalue weighted by molar-refractivity contribution is 6.30. The van der Waals surface area contributed by atoms with E-state index in [0.29, 0.717) is 17.6 Å².